The Morgan fingerprint density at radius 3 is 2.38 bits per heavy atom. The summed E-state index contributed by atoms with van der Waals surface area (Å²) in [6.45, 7) is 0.306. The summed E-state index contributed by atoms with van der Waals surface area (Å²) in [4.78, 5) is 31.9. The number of hydrogen-bond acceptors (Lipinski definition) is 4. The molecule has 12 heteroatoms. The minimum Gasteiger partial charge on any atom is -0.333 e. The van der Waals surface area contributed by atoms with Crippen molar-refractivity contribution in [2.24, 2.45) is 0 Å². The van der Waals surface area contributed by atoms with Crippen molar-refractivity contribution in [1.29, 1.82) is 0 Å². The highest BCUT2D eigenvalue weighted by molar-refractivity contribution is 5.95. The van der Waals surface area contributed by atoms with Gasteiger partial charge in [0.05, 0.1) is 17.0 Å². The van der Waals surface area contributed by atoms with E-state index in [0.717, 1.165) is 17.0 Å². The second kappa shape index (κ2) is 7.62. The van der Waals surface area contributed by atoms with Crippen molar-refractivity contribution in [2.45, 2.75) is 18.8 Å². The monoisotopic (exact) mass is 456 g/mol. The minimum atomic E-state index is -5.02. The number of amides is 1. The molecule has 32 heavy (non-hydrogen) atoms. The molecule has 0 spiro atoms. The Bertz CT molecular complexity index is 1300. The third-order valence-electron chi connectivity index (χ3n) is 5.30. The maximum absolute atomic E-state index is 14.0. The number of aromatic amines is 1. The van der Waals surface area contributed by atoms with Gasteiger partial charge in [-0.2, -0.15) is 13.2 Å². The molecule has 0 bridgehead atoms. The first-order chi connectivity index (χ1) is 15.0. The van der Waals surface area contributed by atoms with Crippen LogP contribution >= 0.6 is 0 Å². The van der Waals surface area contributed by atoms with E-state index >= 15 is 0 Å². The first-order valence-electron chi connectivity index (χ1n) is 9.23. The smallest absolute Gasteiger partial charge is 0.333 e. The summed E-state index contributed by atoms with van der Waals surface area (Å²) >= 11 is 0. The molecule has 0 radical (unpaired) electrons. The highest BCUT2D eigenvalue weighted by atomic mass is 19.4. The van der Waals surface area contributed by atoms with Gasteiger partial charge in [-0.3, -0.25) is 9.59 Å². The second-order valence-electron chi connectivity index (χ2n) is 7.27. The normalized spacial score (nSPS) is 16.2. The molecule has 0 fully saturated rings. The molecule has 1 amide bonds. The van der Waals surface area contributed by atoms with Gasteiger partial charge >= 0.3 is 6.18 Å². The maximum Gasteiger partial charge on any atom is 0.436 e. The summed E-state index contributed by atoms with van der Waals surface area (Å²) in [5.74, 6) is -4.97. The zero-order valence-corrected chi connectivity index (χ0v) is 16.3. The Labute approximate surface area is 175 Å². The van der Waals surface area contributed by atoms with Crippen LogP contribution in [0.3, 0.4) is 0 Å². The maximum atomic E-state index is 14.0. The van der Waals surface area contributed by atoms with Crippen LogP contribution in [0, 0.1) is 17.5 Å². The Kier molecular flexibility index (Phi) is 5.19. The number of benzene rings is 1. The molecule has 168 valence electrons. The van der Waals surface area contributed by atoms with Crippen molar-refractivity contribution in [3.05, 3.63) is 74.7 Å². The number of nitrogens with zero attached hydrogens (tertiary/aromatic N) is 2. The Morgan fingerprint density at radius 1 is 1.09 bits per heavy atom. The van der Waals surface area contributed by atoms with E-state index in [9.17, 15) is 35.9 Å². The molecule has 1 aliphatic heterocycles. The van der Waals surface area contributed by atoms with Gasteiger partial charge in [0.1, 0.15) is 0 Å². The molecule has 1 aliphatic rings. The zero-order valence-electron chi connectivity index (χ0n) is 16.3. The van der Waals surface area contributed by atoms with E-state index in [1.54, 1.807) is 0 Å². The van der Waals surface area contributed by atoms with Gasteiger partial charge in [0, 0.05) is 37.6 Å². The lowest BCUT2D eigenvalue weighted by atomic mass is 9.93. The van der Waals surface area contributed by atoms with Gasteiger partial charge in [-0.05, 0) is 23.6 Å². The highest BCUT2D eigenvalue weighted by Gasteiger charge is 2.37. The average molecular weight is 456 g/mol. The number of carbonyl (C=O) groups is 1. The van der Waals surface area contributed by atoms with Gasteiger partial charge in [-0.25, -0.2) is 18.2 Å². The van der Waals surface area contributed by atoms with Crippen LogP contribution in [-0.4, -0.2) is 34.4 Å². The fourth-order valence-corrected chi connectivity index (χ4v) is 3.79. The van der Waals surface area contributed by atoms with E-state index in [2.05, 4.69) is 15.3 Å². The molecule has 2 aromatic heterocycles. The molecule has 0 saturated carbocycles. The van der Waals surface area contributed by atoms with Crippen LogP contribution in [-0.2, 0) is 12.7 Å². The summed E-state index contributed by atoms with van der Waals surface area (Å²) < 4.78 is 79.8. The zero-order chi connectivity index (χ0) is 23.4. The van der Waals surface area contributed by atoms with Gasteiger partial charge in [0.2, 0.25) is 0 Å². The highest BCUT2D eigenvalue weighted by Crippen LogP contribution is 2.33. The van der Waals surface area contributed by atoms with E-state index in [4.69, 9.17) is 0 Å². The predicted molar refractivity (Wildman–Crippen MR) is 100 cm³/mol. The summed E-state index contributed by atoms with van der Waals surface area (Å²) in [7, 11) is 1.32. The SMILES string of the molecule is CN(C(=O)c1cnc(C(F)(F)F)c(F)c1)[C@H]1CNCc2[nH]c(=O)c3cc(F)c(F)cc3c21. The lowest BCUT2D eigenvalue weighted by Crippen LogP contribution is -2.42. The van der Waals surface area contributed by atoms with Crippen molar-refractivity contribution >= 4 is 16.7 Å². The topological polar surface area (TPSA) is 78.1 Å². The Morgan fingerprint density at radius 2 is 1.75 bits per heavy atom. The Balaban J connectivity index is 1.79. The lowest BCUT2D eigenvalue weighted by molar-refractivity contribution is -0.143. The summed E-state index contributed by atoms with van der Waals surface area (Å²) in [6.07, 6.45) is -4.41. The molecule has 1 aromatic carbocycles. The van der Waals surface area contributed by atoms with Crippen LogP contribution in [0.25, 0.3) is 10.8 Å². The number of likely N-dealkylation sites (N-methyl/N-ethyl adjacent to an activating group) is 1. The molecule has 0 unspecified atom stereocenters. The van der Waals surface area contributed by atoms with E-state index in [1.165, 1.54) is 7.05 Å². The number of pyridine rings is 2. The van der Waals surface area contributed by atoms with Crippen LogP contribution < -0.4 is 10.9 Å². The number of H-pyrrole nitrogens is 1. The molecule has 0 saturated heterocycles. The molecular weight excluding hydrogens is 442 g/mol. The number of hydrogen-bond donors (Lipinski definition) is 2. The van der Waals surface area contributed by atoms with Crippen molar-refractivity contribution in [2.75, 3.05) is 13.6 Å². The van der Waals surface area contributed by atoms with E-state index in [-0.39, 0.29) is 23.9 Å². The van der Waals surface area contributed by atoms with Gasteiger partial charge in [-0.1, -0.05) is 0 Å². The van der Waals surface area contributed by atoms with Crippen molar-refractivity contribution in [3.8, 4) is 0 Å². The second-order valence-corrected chi connectivity index (χ2v) is 7.27. The van der Waals surface area contributed by atoms with Crippen molar-refractivity contribution < 1.29 is 31.1 Å². The summed E-state index contributed by atoms with van der Waals surface area (Å²) in [5, 5.41) is 2.93. The molecule has 3 aromatic rings. The van der Waals surface area contributed by atoms with Gasteiger partial charge in [0.15, 0.2) is 23.1 Å². The number of carbonyl (C=O) groups excluding carboxylic acids is 1. The van der Waals surface area contributed by atoms with Crippen LogP contribution in [0.2, 0.25) is 0 Å². The van der Waals surface area contributed by atoms with Crippen molar-refractivity contribution in [3.63, 3.8) is 0 Å². The molecule has 0 aliphatic carbocycles. The molecule has 3 heterocycles. The van der Waals surface area contributed by atoms with Crippen LogP contribution in [0.1, 0.15) is 33.4 Å². The lowest BCUT2D eigenvalue weighted by Gasteiger charge is -2.34. The van der Waals surface area contributed by atoms with Crippen LogP contribution in [0.5, 0.6) is 0 Å². The molecule has 2 N–H and O–H groups in total. The fraction of sp³-hybridized carbons (Fsp3) is 0.250. The number of alkyl halides is 3. The number of nitrogens with one attached hydrogen (secondary N) is 2. The quantitative estimate of drug-likeness (QED) is 0.581. The fourth-order valence-electron chi connectivity index (χ4n) is 3.79. The minimum absolute atomic E-state index is 0.0884. The van der Waals surface area contributed by atoms with Crippen LogP contribution in [0.15, 0.2) is 29.2 Å². The van der Waals surface area contributed by atoms with Gasteiger partial charge in [-0.15, -0.1) is 0 Å². The standard InChI is InChI=1S/C20H14F6N4O2/c1-30(19(32)8-2-13(23)17(28-5-8)20(24,25)26)15-7-27-6-14-16(15)9-3-11(21)12(22)4-10(9)18(31)29-14/h2-5,15,27H,6-7H2,1H3,(H,29,31)/t15-/m0/s1. The number of aromatic nitrogens is 2. The Hall–Kier alpha value is -3.41. The van der Waals surface area contributed by atoms with Gasteiger partial charge in [0.25, 0.3) is 11.5 Å². The molecule has 4 rings (SSSR count). The first kappa shape index (κ1) is 21.8. The first-order valence-corrected chi connectivity index (χ1v) is 9.23. The molecule has 6 nitrogen and oxygen atoms in total. The van der Waals surface area contributed by atoms with E-state index < -0.39 is 52.4 Å². The van der Waals surface area contributed by atoms with Gasteiger partial charge < -0.3 is 15.2 Å². The number of halogens is 6. The number of fused-ring (bicyclic) bond motifs is 3. The molecule has 1 atom stereocenters. The summed E-state index contributed by atoms with van der Waals surface area (Å²) in [6, 6.07) is 1.21. The molecular formula is C20H14F6N4O2. The van der Waals surface area contributed by atoms with Crippen LogP contribution in [0.4, 0.5) is 26.3 Å². The number of rotatable bonds is 2. The van der Waals surface area contributed by atoms with Crippen molar-refractivity contribution in [1.82, 2.24) is 20.2 Å². The van der Waals surface area contributed by atoms with E-state index in [1.807, 2.05) is 0 Å². The average Bonchev–Trinajstić information content (AvgIpc) is 2.72. The largest absolute Gasteiger partial charge is 0.436 e. The predicted octanol–water partition coefficient (Wildman–Crippen LogP) is 3.28. The third kappa shape index (κ3) is 3.60. The summed E-state index contributed by atoms with van der Waals surface area (Å²) in [5.41, 5.74) is -2.16. The third-order valence-corrected chi connectivity index (χ3v) is 5.30. The van der Waals surface area contributed by atoms with E-state index in [0.29, 0.717) is 23.5 Å².